The first kappa shape index (κ1) is 16.4. The van der Waals surface area contributed by atoms with Gasteiger partial charge in [-0.1, -0.05) is 31.0 Å². The minimum absolute atomic E-state index is 0.417. The number of hydrogen-bond donors (Lipinski definition) is 0. The Morgan fingerprint density at radius 3 is 2.41 bits per heavy atom. The summed E-state index contributed by atoms with van der Waals surface area (Å²) in [4.78, 5) is 12.1. The smallest absolute Gasteiger partial charge is 0.343 e. The summed E-state index contributed by atoms with van der Waals surface area (Å²) in [7, 11) is 0. The molecule has 4 heteroatoms. The van der Waals surface area contributed by atoms with Crippen LogP contribution in [0, 0.1) is 6.92 Å². The van der Waals surface area contributed by atoms with E-state index in [4.69, 9.17) is 21.1 Å². The fourth-order valence-corrected chi connectivity index (χ4v) is 2.00. The molecule has 0 fully saturated rings. The Morgan fingerprint density at radius 2 is 1.77 bits per heavy atom. The first-order valence-electron chi connectivity index (χ1n) is 7.31. The summed E-state index contributed by atoms with van der Waals surface area (Å²) in [6.45, 7) is 4.69. The van der Waals surface area contributed by atoms with E-state index in [-0.39, 0.29) is 0 Å². The third-order valence-electron chi connectivity index (χ3n) is 3.21. The quantitative estimate of drug-likeness (QED) is 0.425. The maximum absolute atomic E-state index is 12.1. The molecule has 2 aromatic rings. The molecule has 0 aliphatic rings. The van der Waals surface area contributed by atoms with Crippen molar-refractivity contribution in [1.82, 2.24) is 0 Å². The summed E-state index contributed by atoms with van der Waals surface area (Å²) < 4.78 is 10.9. The van der Waals surface area contributed by atoms with Crippen LogP contribution in [0.15, 0.2) is 42.5 Å². The lowest BCUT2D eigenvalue weighted by Crippen LogP contribution is -2.08. The van der Waals surface area contributed by atoms with Crippen LogP contribution in [0.2, 0.25) is 5.02 Å². The van der Waals surface area contributed by atoms with Crippen molar-refractivity contribution in [3.63, 3.8) is 0 Å². The van der Waals surface area contributed by atoms with E-state index in [0.717, 1.165) is 24.2 Å². The van der Waals surface area contributed by atoms with Crippen LogP contribution >= 0.6 is 11.6 Å². The lowest BCUT2D eigenvalue weighted by Gasteiger charge is -2.08. The number of esters is 1. The maximum atomic E-state index is 12.1. The fourth-order valence-electron chi connectivity index (χ4n) is 1.82. The van der Waals surface area contributed by atoms with E-state index < -0.39 is 5.97 Å². The number of ether oxygens (including phenoxy) is 2. The molecule has 22 heavy (non-hydrogen) atoms. The number of benzene rings is 2. The molecule has 116 valence electrons. The van der Waals surface area contributed by atoms with Crippen molar-refractivity contribution in [1.29, 1.82) is 0 Å². The molecule has 2 aromatic carbocycles. The van der Waals surface area contributed by atoms with Gasteiger partial charge in [0.25, 0.3) is 0 Å². The highest BCUT2D eigenvalue weighted by Gasteiger charge is 2.09. The van der Waals surface area contributed by atoms with E-state index in [0.29, 0.717) is 22.9 Å². The molecule has 0 aliphatic carbocycles. The van der Waals surface area contributed by atoms with Gasteiger partial charge in [0.05, 0.1) is 12.2 Å². The van der Waals surface area contributed by atoms with Gasteiger partial charge in [0.15, 0.2) is 0 Å². The molecule has 3 nitrogen and oxygen atoms in total. The van der Waals surface area contributed by atoms with Crippen LogP contribution < -0.4 is 9.47 Å². The topological polar surface area (TPSA) is 35.5 Å². The van der Waals surface area contributed by atoms with E-state index in [1.165, 1.54) is 0 Å². The van der Waals surface area contributed by atoms with Gasteiger partial charge in [-0.25, -0.2) is 4.79 Å². The molecule has 0 saturated carbocycles. The van der Waals surface area contributed by atoms with Gasteiger partial charge in [0, 0.05) is 5.02 Å². The zero-order chi connectivity index (χ0) is 15.9. The van der Waals surface area contributed by atoms with Gasteiger partial charge >= 0.3 is 5.97 Å². The number of carbonyl (C=O) groups excluding carboxylic acids is 1. The minimum atomic E-state index is -0.417. The Bertz CT molecular complexity index is 635. The van der Waals surface area contributed by atoms with Crippen LogP contribution in [0.4, 0.5) is 0 Å². The Morgan fingerprint density at radius 1 is 1.09 bits per heavy atom. The second-order valence-corrected chi connectivity index (χ2v) is 5.43. The van der Waals surface area contributed by atoms with Crippen LogP contribution in [0.5, 0.6) is 11.5 Å². The Kier molecular flexibility index (Phi) is 5.84. The standard InChI is InChI=1S/C18H19ClO3/c1-3-4-11-21-15-9-6-14(7-10-15)18(20)22-16-8-5-13(2)17(19)12-16/h5-10,12H,3-4,11H2,1-2H3. The van der Waals surface area contributed by atoms with Crippen LogP contribution in [0.3, 0.4) is 0 Å². The summed E-state index contributed by atoms with van der Waals surface area (Å²) in [5, 5.41) is 0.574. The third-order valence-corrected chi connectivity index (χ3v) is 3.62. The van der Waals surface area contributed by atoms with Crippen molar-refractivity contribution in [3.8, 4) is 11.5 Å². The predicted molar refractivity (Wildman–Crippen MR) is 88.0 cm³/mol. The van der Waals surface area contributed by atoms with Gasteiger partial charge in [0.1, 0.15) is 11.5 Å². The molecular weight excluding hydrogens is 300 g/mol. The zero-order valence-electron chi connectivity index (χ0n) is 12.8. The largest absolute Gasteiger partial charge is 0.494 e. The van der Waals surface area contributed by atoms with Gasteiger partial charge in [-0.3, -0.25) is 0 Å². The van der Waals surface area contributed by atoms with Gasteiger partial charge in [0.2, 0.25) is 0 Å². The third kappa shape index (κ3) is 4.50. The van der Waals surface area contributed by atoms with Gasteiger partial charge in [-0.05, 0) is 55.3 Å². The van der Waals surface area contributed by atoms with Crippen LogP contribution in [0.1, 0.15) is 35.7 Å². The highest BCUT2D eigenvalue weighted by Crippen LogP contribution is 2.23. The van der Waals surface area contributed by atoms with E-state index in [9.17, 15) is 4.79 Å². The minimum Gasteiger partial charge on any atom is -0.494 e. The van der Waals surface area contributed by atoms with Gasteiger partial charge in [-0.2, -0.15) is 0 Å². The summed E-state index contributed by atoms with van der Waals surface area (Å²) >= 11 is 6.02. The summed E-state index contributed by atoms with van der Waals surface area (Å²) in [5.74, 6) is 0.771. The molecule has 0 amide bonds. The first-order valence-corrected chi connectivity index (χ1v) is 7.69. The lowest BCUT2D eigenvalue weighted by molar-refractivity contribution is 0.0734. The molecule has 0 spiro atoms. The Labute approximate surface area is 135 Å². The summed E-state index contributed by atoms with van der Waals surface area (Å²) in [6, 6.07) is 12.1. The van der Waals surface area contributed by atoms with Crippen LogP contribution in [-0.2, 0) is 0 Å². The van der Waals surface area contributed by atoms with Crippen molar-refractivity contribution >= 4 is 17.6 Å². The number of carbonyl (C=O) groups is 1. The zero-order valence-corrected chi connectivity index (χ0v) is 13.5. The summed E-state index contributed by atoms with van der Waals surface area (Å²) in [5.41, 5.74) is 1.41. The average Bonchev–Trinajstić information content (AvgIpc) is 2.52. The Hall–Kier alpha value is -2.00. The normalized spacial score (nSPS) is 10.3. The molecule has 0 saturated heterocycles. The highest BCUT2D eigenvalue weighted by atomic mass is 35.5. The fraction of sp³-hybridized carbons (Fsp3) is 0.278. The molecule has 0 aliphatic heterocycles. The van der Waals surface area contributed by atoms with Crippen molar-refractivity contribution in [2.24, 2.45) is 0 Å². The molecule has 0 heterocycles. The molecule has 0 N–H and O–H groups in total. The number of hydrogen-bond acceptors (Lipinski definition) is 3. The maximum Gasteiger partial charge on any atom is 0.343 e. The number of rotatable bonds is 6. The van der Waals surface area contributed by atoms with Crippen molar-refractivity contribution in [3.05, 3.63) is 58.6 Å². The predicted octanol–water partition coefficient (Wildman–Crippen LogP) is 5.05. The molecule has 0 aromatic heterocycles. The van der Waals surface area contributed by atoms with E-state index >= 15 is 0 Å². The number of unbranched alkanes of at least 4 members (excludes halogenated alkanes) is 1. The van der Waals surface area contributed by atoms with Crippen LogP contribution in [-0.4, -0.2) is 12.6 Å². The summed E-state index contributed by atoms with van der Waals surface area (Å²) in [6.07, 6.45) is 2.10. The van der Waals surface area contributed by atoms with Crippen molar-refractivity contribution < 1.29 is 14.3 Å². The SMILES string of the molecule is CCCCOc1ccc(C(=O)Oc2ccc(C)c(Cl)c2)cc1. The molecule has 0 radical (unpaired) electrons. The van der Waals surface area contributed by atoms with Crippen molar-refractivity contribution in [2.75, 3.05) is 6.61 Å². The average molecular weight is 319 g/mol. The van der Waals surface area contributed by atoms with Crippen molar-refractivity contribution in [2.45, 2.75) is 26.7 Å². The lowest BCUT2D eigenvalue weighted by atomic mass is 10.2. The number of halogens is 1. The van der Waals surface area contributed by atoms with Gasteiger partial charge in [-0.15, -0.1) is 0 Å². The monoisotopic (exact) mass is 318 g/mol. The number of aryl methyl sites for hydroxylation is 1. The molecule has 0 atom stereocenters. The van der Waals surface area contributed by atoms with Gasteiger partial charge < -0.3 is 9.47 Å². The van der Waals surface area contributed by atoms with Crippen LogP contribution in [0.25, 0.3) is 0 Å². The second kappa shape index (κ2) is 7.85. The highest BCUT2D eigenvalue weighted by molar-refractivity contribution is 6.31. The first-order chi connectivity index (χ1) is 10.6. The second-order valence-electron chi connectivity index (χ2n) is 5.03. The molecular formula is C18H19ClO3. The molecule has 0 bridgehead atoms. The van der Waals surface area contributed by atoms with E-state index in [1.807, 2.05) is 13.0 Å². The van der Waals surface area contributed by atoms with E-state index in [1.54, 1.807) is 36.4 Å². The molecule has 0 unspecified atom stereocenters. The molecule has 2 rings (SSSR count). The van der Waals surface area contributed by atoms with E-state index in [2.05, 4.69) is 6.92 Å². The Balaban J connectivity index is 1.98.